The summed E-state index contributed by atoms with van der Waals surface area (Å²) >= 11 is 0. The first-order valence-electron chi connectivity index (χ1n) is 7.28. The third-order valence-electron chi connectivity index (χ3n) is 4.72. The van der Waals surface area contributed by atoms with Gasteiger partial charge in [-0.05, 0) is 18.4 Å². The van der Waals surface area contributed by atoms with Crippen LogP contribution in [0.4, 0.5) is 8.78 Å². The van der Waals surface area contributed by atoms with Gasteiger partial charge in [0.15, 0.2) is 0 Å². The molecule has 3 atom stereocenters. The summed E-state index contributed by atoms with van der Waals surface area (Å²) in [6.45, 7) is 0.512. The molecule has 0 aromatic heterocycles. The molecule has 114 valence electrons. The van der Waals surface area contributed by atoms with Crippen molar-refractivity contribution >= 4 is 5.97 Å². The summed E-state index contributed by atoms with van der Waals surface area (Å²) in [6, 6.07) is 8.56. The van der Waals surface area contributed by atoms with Gasteiger partial charge in [0.05, 0.1) is 7.11 Å². The van der Waals surface area contributed by atoms with Crippen LogP contribution in [0.1, 0.15) is 24.8 Å². The molecule has 0 amide bonds. The summed E-state index contributed by atoms with van der Waals surface area (Å²) in [5, 5.41) is 0. The highest BCUT2D eigenvalue weighted by Gasteiger charge is 2.59. The highest BCUT2D eigenvalue weighted by molar-refractivity contribution is 5.76. The molecule has 1 aromatic rings. The Kier molecular flexibility index (Phi) is 3.69. The average Bonchev–Trinajstić information content (AvgIpc) is 2.48. The maximum atomic E-state index is 14.1. The van der Waals surface area contributed by atoms with Crippen LogP contribution in [0.25, 0.3) is 0 Å². The van der Waals surface area contributed by atoms with Crippen molar-refractivity contribution in [3.05, 3.63) is 35.9 Å². The molecule has 3 fully saturated rings. The lowest BCUT2D eigenvalue weighted by Crippen LogP contribution is -2.65. The Labute approximate surface area is 122 Å². The largest absolute Gasteiger partial charge is 0.468 e. The third-order valence-corrected chi connectivity index (χ3v) is 4.72. The van der Waals surface area contributed by atoms with E-state index in [-0.39, 0.29) is 12.5 Å². The molecule has 2 saturated heterocycles. The molecule has 2 heterocycles. The van der Waals surface area contributed by atoms with Gasteiger partial charge < -0.3 is 4.74 Å². The number of rotatable bonds is 3. The smallest absolute Gasteiger partial charge is 0.323 e. The summed E-state index contributed by atoms with van der Waals surface area (Å²) in [7, 11) is 1.27. The molecule has 5 heteroatoms. The Morgan fingerprint density at radius 1 is 1.33 bits per heavy atom. The number of alkyl halides is 2. The summed E-state index contributed by atoms with van der Waals surface area (Å²) in [5.41, 5.74) is 1.03. The molecule has 0 unspecified atom stereocenters. The Balaban J connectivity index is 1.89. The zero-order chi connectivity index (χ0) is 15.0. The van der Waals surface area contributed by atoms with Crippen molar-refractivity contribution in [3.63, 3.8) is 0 Å². The normalized spacial score (nSPS) is 31.1. The lowest BCUT2D eigenvalue weighted by atomic mass is 9.71. The van der Waals surface area contributed by atoms with E-state index in [0.29, 0.717) is 13.0 Å². The van der Waals surface area contributed by atoms with Crippen LogP contribution in [0.5, 0.6) is 0 Å². The van der Waals surface area contributed by atoms with E-state index in [2.05, 4.69) is 0 Å². The van der Waals surface area contributed by atoms with Gasteiger partial charge in [-0.25, -0.2) is 8.78 Å². The van der Waals surface area contributed by atoms with E-state index in [1.807, 2.05) is 35.2 Å². The van der Waals surface area contributed by atoms with E-state index in [0.717, 1.165) is 12.0 Å². The van der Waals surface area contributed by atoms with Gasteiger partial charge in [0.2, 0.25) is 0 Å². The van der Waals surface area contributed by atoms with Crippen molar-refractivity contribution in [2.75, 3.05) is 7.11 Å². The number of carbonyl (C=O) groups excluding carboxylic acids is 1. The van der Waals surface area contributed by atoms with Crippen LogP contribution in [-0.2, 0) is 16.1 Å². The Hall–Kier alpha value is -1.49. The first kappa shape index (κ1) is 14.4. The van der Waals surface area contributed by atoms with E-state index < -0.39 is 23.9 Å². The second-order valence-corrected chi connectivity index (χ2v) is 5.93. The van der Waals surface area contributed by atoms with E-state index in [1.165, 1.54) is 7.11 Å². The highest BCUT2D eigenvalue weighted by atomic mass is 19.3. The fourth-order valence-corrected chi connectivity index (χ4v) is 3.72. The molecule has 3 nitrogen and oxygen atoms in total. The van der Waals surface area contributed by atoms with Crippen LogP contribution in [0.3, 0.4) is 0 Å². The van der Waals surface area contributed by atoms with Gasteiger partial charge in [-0.15, -0.1) is 0 Å². The van der Waals surface area contributed by atoms with Gasteiger partial charge in [0.1, 0.15) is 6.04 Å². The molecular weight excluding hydrogens is 276 g/mol. The Bertz CT molecular complexity index is 520. The number of hydrogen-bond donors (Lipinski definition) is 0. The minimum absolute atomic E-state index is 0.155. The highest BCUT2D eigenvalue weighted by Crippen LogP contribution is 2.49. The van der Waals surface area contributed by atoms with Crippen LogP contribution in [0.15, 0.2) is 30.3 Å². The number of hydrogen-bond acceptors (Lipinski definition) is 3. The van der Waals surface area contributed by atoms with Gasteiger partial charge in [-0.1, -0.05) is 30.3 Å². The molecule has 3 aliphatic rings. The molecule has 1 aliphatic carbocycles. The van der Waals surface area contributed by atoms with Crippen molar-refractivity contribution in [2.24, 2.45) is 5.92 Å². The first-order valence-corrected chi connectivity index (χ1v) is 7.28. The number of methoxy groups -OCH3 is 1. The first-order chi connectivity index (χ1) is 10.0. The maximum absolute atomic E-state index is 14.1. The number of ether oxygens (including phenoxy) is 1. The van der Waals surface area contributed by atoms with Crippen LogP contribution in [0.2, 0.25) is 0 Å². The topological polar surface area (TPSA) is 29.5 Å². The van der Waals surface area contributed by atoms with E-state index >= 15 is 0 Å². The number of benzene rings is 1. The summed E-state index contributed by atoms with van der Waals surface area (Å²) in [4.78, 5) is 14.0. The zero-order valence-electron chi connectivity index (χ0n) is 12.0. The van der Waals surface area contributed by atoms with Gasteiger partial charge in [-0.3, -0.25) is 9.69 Å². The second kappa shape index (κ2) is 5.37. The van der Waals surface area contributed by atoms with Crippen molar-refractivity contribution < 1.29 is 18.3 Å². The van der Waals surface area contributed by atoms with Crippen molar-refractivity contribution in [1.82, 2.24) is 4.90 Å². The fourth-order valence-electron chi connectivity index (χ4n) is 3.72. The molecule has 2 aliphatic heterocycles. The third kappa shape index (κ3) is 2.55. The van der Waals surface area contributed by atoms with E-state index in [9.17, 15) is 13.6 Å². The number of halogens is 2. The molecule has 1 saturated carbocycles. The van der Waals surface area contributed by atoms with Gasteiger partial charge in [0.25, 0.3) is 5.92 Å². The lowest BCUT2D eigenvalue weighted by molar-refractivity contribution is -0.200. The number of nitrogens with zero attached hydrogens (tertiary/aromatic N) is 1. The average molecular weight is 295 g/mol. The minimum atomic E-state index is -2.77. The van der Waals surface area contributed by atoms with Crippen LogP contribution in [-0.4, -0.2) is 36.0 Å². The fraction of sp³-hybridized carbons (Fsp3) is 0.562. The van der Waals surface area contributed by atoms with Crippen LogP contribution in [0, 0.1) is 5.92 Å². The summed E-state index contributed by atoms with van der Waals surface area (Å²) < 4.78 is 33.0. The number of fused-ring (bicyclic) bond motifs is 3. The minimum Gasteiger partial charge on any atom is -0.468 e. The second-order valence-electron chi connectivity index (χ2n) is 5.93. The Morgan fingerprint density at radius 3 is 2.67 bits per heavy atom. The van der Waals surface area contributed by atoms with Crippen molar-refractivity contribution in [3.8, 4) is 0 Å². The predicted molar refractivity (Wildman–Crippen MR) is 73.9 cm³/mol. The molecule has 0 N–H and O–H groups in total. The van der Waals surface area contributed by atoms with Gasteiger partial charge in [-0.2, -0.15) is 0 Å². The van der Waals surface area contributed by atoms with E-state index in [1.54, 1.807) is 0 Å². The monoisotopic (exact) mass is 295 g/mol. The quantitative estimate of drug-likeness (QED) is 0.803. The van der Waals surface area contributed by atoms with Crippen molar-refractivity contribution in [2.45, 2.75) is 43.8 Å². The maximum Gasteiger partial charge on any atom is 0.323 e. The van der Waals surface area contributed by atoms with Crippen molar-refractivity contribution in [1.29, 1.82) is 0 Å². The molecular formula is C16H19F2NO2. The molecule has 0 spiro atoms. The number of carbonyl (C=O) groups is 1. The number of piperidine rings is 2. The van der Waals surface area contributed by atoms with Gasteiger partial charge in [0, 0.05) is 24.9 Å². The molecule has 1 aromatic carbocycles. The number of esters is 1. The van der Waals surface area contributed by atoms with Gasteiger partial charge >= 0.3 is 5.97 Å². The predicted octanol–water partition coefficient (Wildman–Crippen LogP) is 2.85. The van der Waals surface area contributed by atoms with E-state index in [4.69, 9.17) is 4.74 Å². The molecule has 4 rings (SSSR count). The summed E-state index contributed by atoms with van der Waals surface area (Å²) in [5.74, 6) is -4.24. The van der Waals surface area contributed by atoms with Crippen LogP contribution < -0.4 is 0 Å². The SMILES string of the molecule is COC(=O)[C@@H]1[C@@H]2CC[C@H](CC2(F)F)N1Cc1ccccc1. The van der Waals surface area contributed by atoms with Crippen LogP contribution >= 0.6 is 0 Å². The molecule has 2 bridgehead atoms. The summed E-state index contributed by atoms with van der Waals surface area (Å²) in [6.07, 6.45) is 0.960. The standard InChI is InChI=1S/C16H19F2NO2/c1-21-15(20)14-13-8-7-12(9-16(13,17)18)19(14)10-11-5-3-2-4-6-11/h2-6,12-14H,7-10H2,1H3/t12-,13+,14+/m1/s1. The molecule has 0 radical (unpaired) electrons. The zero-order valence-corrected chi connectivity index (χ0v) is 12.0. The lowest BCUT2D eigenvalue weighted by Gasteiger charge is -2.53. The molecule has 21 heavy (non-hydrogen) atoms. The Morgan fingerprint density at radius 2 is 2.05 bits per heavy atom.